The molecule has 0 saturated carbocycles. The van der Waals surface area contributed by atoms with Crippen LogP contribution in [0.15, 0.2) is 72.8 Å². The van der Waals surface area contributed by atoms with E-state index in [-0.39, 0.29) is 28.1 Å². The standard InChI is InChI=1S/C23H16FNO5/c1-15-9-12-22(30-23(27)17-6-4-7-18(14-17)25(28)29)19(13-15)21(26)11-10-16-5-2-3-8-20(16)24/h2-14H,1H3/b11-10+. The van der Waals surface area contributed by atoms with E-state index < -0.39 is 22.5 Å². The lowest BCUT2D eigenvalue weighted by molar-refractivity contribution is -0.384. The summed E-state index contributed by atoms with van der Waals surface area (Å²) in [7, 11) is 0. The van der Waals surface area contributed by atoms with Crippen molar-refractivity contribution in [1.82, 2.24) is 0 Å². The van der Waals surface area contributed by atoms with Gasteiger partial charge >= 0.3 is 5.97 Å². The van der Waals surface area contributed by atoms with Gasteiger partial charge in [-0.1, -0.05) is 35.9 Å². The number of aryl methyl sites for hydroxylation is 1. The average molecular weight is 405 g/mol. The monoisotopic (exact) mass is 405 g/mol. The van der Waals surface area contributed by atoms with Crippen LogP contribution in [0.1, 0.15) is 31.8 Å². The first-order valence-electron chi connectivity index (χ1n) is 8.89. The minimum absolute atomic E-state index is 0.000268. The second-order valence-electron chi connectivity index (χ2n) is 6.42. The number of nitro groups is 1. The third kappa shape index (κ3) is 4.82. The van der Waals surface area contributed by atoms with Crippen molar-refractivity contribution in [2.75, 3.05) is 0 Å². The largest absolute Gasteiger partial charge is 0.422 e. The highest BCUT2D eigenvalue weighted by molar-refractivity contribution is 6.09. The molecule has 3 aromatic carbocycles. The van der Waals surface area contributed by atoms with Crippen molar-refractivity contribution in [2.45, 2.75) is 6.92 Å². The summed E-state index contributed by atoms with van der Waals surface area (Å²) in [5.41, 5.74) is 0.838. The van der Waals surface area contributed by atoms with Gasteiger partial charge in [-0.3, -0.25) is 14.9 Å². The molecule has 0 heterocycles. The van der Waals surface area contributed by atoms with E-state index >= 15 is 0 Å². The number of ether oxygens (including phenoxy) is 1. The Kier molecular flexibility index (Phi) is 6.12. The Labute approximate surface area is 171 Å². The van der Waals surface area contributed by atoms with E-state index in [4.69, 9.17) is 4.74 Å². The Balaban J connectivity index is 1.87. The van der Waals surface area contributed by atoms with Gasteiger partial charge in [0, 0.05) is 17.7 Å². The number of benzene rings is 3. The number of esters is 1. The van der Waals surface area contributed by atoms with Crippen LogP contribution in [0.3, 0.4) is 0 Å². The van der Waals surface area contributed by atoms with Crippen molar-refractivity contribution in [2.24, 2.45) is 0 Å². The predicted octanol–water partition coefficient (Wildman–Crippen LogP) is 5.16. The van der Waals surface area contributed by atoms with Crippen molar-refractivity contribution in [3.63, 3.8) is 0 Å². The first-order valence-corrected chi connectivity index (χ1v) is 8.89. The number of nitrogens with zero attached hydrogens (tertiary/aromatic N) is 1. The van der Waals surface area contributed by atoms with Gasteiger partial charge in [0.2, 0.25) is 0 Å². The SMILES string of the molecule is Cc1ccc(OC(=O)c2cccc([N+](=O)[O-])c2)c(C(=O)/C=C/c2ccccc2F)c1. The zero-order chi connectivity index (χ0) is 21.7. The van der Waals surface area contributed by atoms with Gasteiger partial charge in [0.25, 0.3) is 5.69 Å². The molecule has 0 aliphatic heterocycles. The van der Waals surface area contributed by atoms with Gasteiger partial charge in [0.1, 0.15) is 11.6 Å². The van der Waals surface area contributed by atoms with Gasteiger partial charge in [-0.2, -0.15) is 0 Å². The maximum atomic E-state index is 13.8. The van der Waals surface area contributed by atoms with Gasteiger partial charge in [-0.25, -0.2) is 9.18 Å². The number of non-ortho nitro benzene ring substituents is 1. The molecular weight excluding hydrogens is 389 g/mol. The number of carbonyl (C=O) groups excluding carboxylic acids is 2. The summed E-state index contributed by atoms with van der Waals surface area (Å²) < 4.78 is 19.1. The third-order valence-corrected chi connectivity index (χ3v) is 4.22. The average Bonchev–Trinajstić information content (AvgIpc) is 2.74. The van der Waals surface area contributed by atoms with Crippen LogP contribution in [0, 0.1) is 22.9 Å². The predicted molar refractivity (Wildman–Crippen MR) is 109 cm³/mol. The Morgan fingerprint density at radius 1 is 1.03 bits per heavy atom. The first kappa shape index (κ1) is 20.6. The highest BCUT2D eigenvalue weighted by Crippen LogP contribution is 2.24. The number of halogens is 1. The van der Waals surface area contributed by atoms with Gasteiger partial charge in [0.15, 0.2) is 5.78 Å². The zero-order valence-electron chi connectivity index (χ0n) is 15.9. The lowest BCUT2D eigenvalue weighted by atomic mass is 10.0. The third-order valence-electron chi connectivity index (χ3n) is 4.22. The van der Waals surface area contributed by atoms with Gasteiger partial charge in [-0.05, 0) is 43.3 Å². The Morgan fingerprint density at radius 2 is 1.80 bits per heavy atom. The fourth-order valence-corrected chi connectivity index (χ4v) is 2.70. The molecule has 0 atom stereocenters. The molecule has 0 aromatic heterocycles. The fraction of sp³-hybridized carbons (Fsp3) is 0.0435. The number of hydrogen-bond acceptors (Lipinski definition) is 5. The van der Waals surface area contributed by atoms with E-state index in [2.05, 4.69) is 0 Å². The molecule has 0 amide bonds. The number of rotatable bonds is 6. The highest BCUT2D eigenvalue weighted by atomic mass is 19.1. The number of nitro benzene ring substituents is 1. The van der Waals surface area contributed by atoms with Gasteiger partial charge in [0.05, 0.1) is 16.1 Å². The van der Waals surface area contributed by atoms with Crippen molar-refractivity contribution in [3.05, 3.63) is 111 Å². The summed E-state index contributed by atoms with van der Waals surface area (Å²) in [6.07, 6.45) is 2.53. The van der Waals surface area contributed by atoms with Crippen LogP contribution >= 0.6 is 0 Å². The van der Waals surface area contributed by atoms with E-state index in [0.29, 0.717) is 0 Å². The molecule has 30 heavy (non-hydrogen) atoms. The summed E-state index contributed by atoms with van der Waals surface area (Å²) in [4.78, 5) is 35.4. The van der Waals surface area contributed by atoms with Crippen LogP contribution in [0.5, 0.6) is 5.75 Å². The van der Waals surface area contributed by atoms with E-state index in [1.807, 2.05) is 0 Å². The van der Waals surface area contributed by atoms with Crippen molar-refractivity contribution < 1.29 is 23.6 Å². The molecule has 3 aromatic rings. The van der Waals surface area contributed by atoms with Crippen LogP contribution < -0.4 is 4.74 Å². The number of ketones is 1. The number of hydrogen-bond donors (Lipinski definition) is 0. The number of carbonyl (C=O) groups is 2. The minimum Gasteiger partial charge on any atom is -0.422 e. The van der Waals surface area contributed by atoms with Gasteiger partial charge in [-0.15, -0.1) is 0 Å². The normalized spacial score (nSPS) is 10.7. The van der Waals surface area contributed by atoms with E-state index in [0.717, 1.165) is 11.6 Å². The van der Waals surface area contributed by atoms with Crippen LogP contribution in [0.2, 0.25) is 0 Å². The summed E-state index contributed by atoms with van der Waals surface area (Å²) in [6, 6.07) is 15.8. The summed E-state index contributed by atoms with van der Waals surface area (Å²) in [5.74, 6) is -1.79. The fourth-order valence-electron chi connectivity index (χ4n) is 2.70. The molecule has 0 spiro atoms. The number of allylic oxidation sites excluding steroid dienone is 1. The molecule has 0 fully saturated rings. The topological polar surface area (TPSA) is 86.5 Å². The molecule has 0 saturated heterocycles. The maximum absolute atomic E-state index is 13.8. The maximum Gasteiger partial charge on any atom is 0.343 e. The lowest BCUT2D eigenvalue weighted by Crippen LogP contribution is -2.11. The van der Waals surface area contributed by atoms with Crippen molar-refractivity contribution in [1.29, 1.82) is 0 Å². The Hall–Kier alpha value is -4.13. The molecule has 0 radical (unpaired) electrons. The van der Waals surface area contributed by atoms with E-state index in [1.165, 1.54) is 48.6 Å². The van der Waals surface area contributed by atoms with Crippen molar-refractivity contribution >= 4 is 23.5 Å². The molecule has 6 nitrogen and oxygen atoms in total. The molecule has 0 aliphatic rings. The smallest absolute Gasteiger partial charge is 0.343 e. The second kappa shape index (κ2) is 8.91. The Morgan fingerprint density at radius 3 is 2.53 bits per heavy atom. The summed E-state index contributed by atoms with van der Waals surface area (Å²) in [6.45, 7) is 1.77. The van der Waals surface area contributed by atoms with E-state index in [9.17, 15) is 24.1 Å². The second-order valence-corrected chi connectivity index (χ2v) is 6.42. The summed E-state index contributed by atoms with van der Waals surface area (Å²) >= 11 is 0. The minimum atomic E-state index is -0.838. The molecule has 150 valence electrons. The lowest BCUT2D eigenvalue weighted by Gasteiger charge is -2.09. The molecular formula is C23H16FNO5. The highest BCUT2D eigenvalue weighted by Gasteiger charge is 2.17. The van der Waals surface area contributed by atoms with Crippen LogP contribution in [0.4, 0.5) is 10.1 Å². The molecule has 0 unspecified atom stereocenters. The molecule has 0 aliphatic carbocycles. The van der Waals surface area contributed by atoms with Gasteiger partial charge < -0.3 is 4.74 Å². The van der Waals surface area contributed by atoms with Crippen LogP contribution in [-0.4, -0.2) is 16.7 Å². The molecule has 0 N–H and O–H groups in total. The molecule has 0 bridgehead atoms. The van der Waals surface area contributed by atoms with Crippen LogP contribution in [0.25, 0.3) is 6.08 Å². The summed E-state index contributed by atoms with van der Waals surface area (Å²) in [5, 5.41) is 10.9. The van der Waals surface area contributed by atoms with Crippen LogP contribution in [-0.2, 0) is 0 Å². The quantitative estimate of drug-likeness (QED) is 0.141. The molecule has 3 rings (SSSR count). The zero-order valence-corrected chi connectivity index (χ0v) is 15.9. The Bertz CT molecular complexity index is 1170. The van der Waals surface area contributed by atoms with Crippen molar-refractivity contribution in [3.8, 4) is 5.75 Å². The first-order chi connectivity index (χ1) is 14.3. The molecule has 7 heteroatoms. The van der Waals surface area contributed by atoms with E-state index in [1.54, 1.807) is 31.2 Å².